The van der Waals surface area contributed by atoms with E-state index in [2.05, 4.69) is 0 Å². The van der Waals surface area contributed by atoms with E-state index in [1.807, 2.05) is 25.1 Å². The maximum Gasteiger partial charge on any atom is 0.136 e. The van der Waals surface area contributed by atoms with Crippen LogP contribution >= 0.6 is 0 Å². The fourth-order valence-electron chi connectivity index (χ4n) is 1.82. The van der Waals surface area contributed by atoms with Crippen LogP contribution in [-0.2, 0) is 0 Å². The number of hydrogen-bond acceptors (Lipinski definition) is 2. The van der Waals surface area contributed by atoms with Gasteiger partial charge in [0.1, 0.15) is 17.3 Å². The number of benzene rings is 2. The summed E-state index contributed by atoms with van der Waals surface area (Å²) in [4.78, 5) is 0. The topological polar surface area (TPSA) is 29.5 Å². The molecule has 0 aromatic heterocycles. The van der Waals surface area contributed by atoms with Crippen LogP contribution in [0, 0.1) is 12.7 Å². The van der Waals surface area contributed by atoms with Gasteiger partial charge in [-0.3, -0.25) is 0 Å². The predicted octanol–water partition coefficient (Wildman–Crippen LogP) is 3.98. The molecule has 0 aliphatic heterocycles. The third-order valence-corrected chi connectivity index (χ3v) is 2.65. The van der Waals surface area contributed by atoms with Crippen molar-refractivity contribution in [3.05, 3.63) is 59.4 Å². The van der Waals surface area contributed by atoms with Gasteiger partial charge in [-0.05, 0) is 43.7 Å². The van der Waals surface area contributed by atoms with E-state index >= 15 is 0 Å². The van der Waals surface area contributed by atoms with E-state index < -0.39 is 11.9 Å². The third kappa shape index (κ3) is 2.68. The number of hydrogen-bond donors (Lipinski definition) is 1. The summed E-state index contributed by atoms with van der Waals surface area (Å²) in [6.07, 6.45) is -0.911. The number of aliphatic hydroxyl groups excluding tert-OH is 1. The minimum Gasteiger partial charge on any atom is -0.457 e. The van der Waals surface area contributed by atoms with Crippen LogP contribution in [0.2, 0.25) is 0 Å². The lowest BCUT2D eigenvalue weighted by molar-refractivity contribution is 0.190. The van der Waals surface area contributed by atoms with Gasteiger partial charge in [-0.15, -0.1) is 0 Å². The summed E-state index contributed by atoms with van der Waals surface area (Å²) in [5.41, 5.74) is 1.24. The van der Waals surface area contributed by atoms with Crippen molar-refractivity contribution in [1.29, 1.82) is 0 Å². The van der Waals surface area contributed by atoms with Gasteiger partial charge in [-0.1, -0.05) is 18.2 Å². The average Bonchev–Trinajstić information content (AvgIpc) is 2.28. The van der Waals surface area contributed by atoms with Gasteiger partial charge in [0.05, 0.1) is 11.7 Å². The Morgan fingerprint density at radius 2 is 1.89 bits per heavy atom. The van der Waals surface area contributed by atoms with Crippen LogP contribution in [-0.4, -0.2) is 5.11 Å². The highest BCUT2D eigenvalue weighted by atomic mass is 19.1. The number of ether oxygens (including phenoxy) is 1. The molecule has 0 aliphatic rings. The van der Waals surface area contributed by atoms with Gasteiger partial charge in [0.15, 0.2) is 0 Å². The molecule has 0 heterocycles. The van der Waals surface area contributed by atoms with Crippen LogP contribution < -0.4 is 4.74 Å². The summed E-state index contributed by atoms with van der Waals surface area (Å²) >= 11 is 0. The summed E-state index contributed by atoms with van der Waals surface area (Å²) in [5.74, 6) is 0.508. The highest BCUT2D eigenvalue weighted by Gasteiger charge is 2.15. The van der Waals surface area contributed by atoms with Crippen LogP contribution in [0.5, 0.6) is 11.5 Å². The Balaban J connectivity index is 2.37. The van der Waals surface area contributed by atoms with Crippen molar-refractivity contribution < 1.29 is 14.2 Å². The van der Waals surface area contributed by atoms with Crippen LogP contribution in [0.15, 0.2) is 42.5 Å². The number of halogens is 1. The Morgan fingerprint density at radius 1 is 1.17 bits per heavy atom. The molecular weight excluding hydrogens is 231 g/mol. The van der Waals surface area contributed by atoms with Gasteiger partial charge < -0.3 is 9.84 Å². The molecule has 0 saturated heterocycles. The van der Waals surface area contributed by atoms with Crippen molar-refractivity contribution in [2.24, 2.45) is 0 Å². The van der Waals surface area contributed by atoms with E-state index in [9.17, 15) is 9.50 Å². The summed E-state index contributed by atoms with van der Waals surface area (Å²) in [5, 5.41) is 9.60. The zero-order chi connectivity index (χ0) is 13.1. The van der Waals surface area contributed by atoms with E-state index in [0.29, 0.717) is 11.5 Å². The fraction of sp³-hybridized carbons (Fsp3) is 0.200. The first-order chi connectivity index (χ1) is 8.58. The van der Waals surface area contributed by atoms with Crippen molar-refractivity contribution in [3.8, 4) is 11.5 Å². The zero-order valence-electron chi connectivity index (χ0n) is 10.4. The monoisotopic (exact) mass is 246 g/mol. The van der Waals surface area contributed by atoms with Crippen LogP contribution in [0.25, 0.3) is 0 Å². The average molecular weight is 246 g/mol. The molecule has 0 spiro atoms. The Hall–Kier alpha value is -1.87. The Kier molecular flexibility index (Phi) is 3.63. The molecule has 0 amide bonds. The van der Waals surface area contributed by atoms with Gasteiger partial charge in [-0.25, -0.2) is 4.39 Å². The molecule has 0 radical (unpaired) electrons. The molecule has 0 aliphatic carbocycles. The lowest BCUT2D eigenvalue weighted by Gasteiger charge is -2.14. The highest BCUT2D eigenvalue weighted by molar-refractivity contribution is 5.40. The molecular formula is C15H15FO2. The van der Waals surface area contributed by atoms with Gasteiger partial charge in [0, 0.05) is 0 Å². The number of aliphatic hydroxyl groups is 1. The molecule has 2 rings (SSSR count). The van der Waals surface area contributed by atoms with E-state index in [4.69, 9.17) is 4.74 Å². The summed E-state index contributed by atoms with van der Waals surface area (Å²) < 4.78 is 19.3. The molecule has 2 aromatic rings. The van der Waals surface area contributed by atoms with Crippen LogP contribution in [0.4, 0.5) is 4.39 Å². The van der Waals surface area contributed by atoms with E-state index in [1.54, 1.807) is 18.2 Å². The molecule has 0 bridgehead atoms. The summed E-state index contributed by atoms with van der Waals surface area (Å²) in [6, 6.07) is 12.0. The van der Waals surface area contributed by atoms with Gasteiger partial charge in [0.25, 0.3) is 0 Å². The molecule has 2 nitrogen and oxygen atoms in total. The maximum atomic E-state index is 13.6. The molecule has 0 saturated carbocycles. The minimum atomic E-state index is -0.911. The number of rotatable bonds is 3. The lowest BCUT2D eigenvalue weighted by atomic mass is 10.1. The fourth-order valence-corrected chi connectivity index (χ4v) is 1.82. The van der Waals surface area contributed by atoms with Gasteiger partial charge in [-0.2, -0.15) is 0 Å². The maximum absolute atomic E-state index is 13.6. The SMILES string of the molecule is Cc1cccc(Oc2cccc(F)c2C(C)O)c1. The lowest BCUT2D eigenvalue weighted by Crippen LogP contribution is -1.99. The van der Waals surface area contributed by atoms with Crippen LogP contribution in [0.1, 0.15) is 24.2 Å². The molecule has 2 aromatic carbocycles. The standard InChI is InChI=1S/C15H15FO2/c1-10-5-3-6-12(9-10)18-14-8-4-7-13(16)15(14)11(2)17/h3-9,11,17H,1-2H3. The normalized spacial score (nSPS) is 12.2. The summed E-state index contributed by atoms with van der Waals surface area (Å²) in [7, 11) is 0. The first kappa shape index (κ1) is 12.6. The van der Waals surface area contributed by atoms with Crippen molar-refractivity contribution in [1.82, 2.24) is 0 Å². The van der Waals surface area contributed by atoms with Crippen molar-refractivity contribution in [2.75, 3.05) is 0 Å². The quantitative estimate of drug-likeness (QED) is 0.887. The van der Waals surface area contributed by atoms with Gasteiger partial charge >= 0.3 is 0 Å². The zero-order valence-corrected chi connectivity index (χ0v) is 10.4. The van der Waals surface area contributed by atoms with Crippen LogP contribution in [0.3, 0.4) is 0 Å². The second kappa shape index (κ2) is 5.19. The summed E-state index contributed by atoms with van der Waals surface area (Å²) in [6.45, 7) is 3.47. The number of aryl methyl sites for hydroxylation is 1. The Bertz CT molecular complexity index is 550. The molecule has 18 heavy (non-hydrogen) atoms. The van der Waals surface area contributed by atoms with Crippen molar-refractivity contribution >= 4 is 0 Å². The molecule has 94 valence electrons. The van der Waals surface area contributed by atoms with E-state index in [-0.39, 0.29) is 5.56 Å². The minimum absolute atomic E-state index is 0.180. The molecule has 0 fully saturated rings. The second-order valence-electron chi connectivity index (χ2n) is 4.25. The molecule has 1 unspecified atom stereocenters. The first-order valence-corrected chi connectivity index (χ1v) is 5.79. The smallest absolute Gasteiger partial charge is 0.136 e. The van der Waals surface area contributed by atoms with Crippen molar-refractivity contribution in [3.63, 3.8) is 0 Å². The predicted molar refractivity (Wildman–Crippen MR) is 68.3 cm³/mol. The molecule has 1 atom stereocenters. The second-order valence-corrected chi connectivity index (χ2v) is 4.25. The Morgan fingerprint density at radius 3 is 2.56 bits per heavy atom. The third-order valence-electron chi connectivity index (χ3n) is 2.65. The first-order valence-electron chi connectivity index (χ1n) is 5.79. The van der Waals surface area contributed by atoms with E-state index in [1.165, 1.54) is 13.0 Å². The largest absolute Gasteiger partial charge is 0.457 e. The Labute approximate surface area is 106 Å². The molecule has 1 N–H and O–H groups in total. The van der Waals surface area contributed by atoms with E-state index in [0.717, 1.165) is 5.56 Å². The molecule has 3 heteroatoms. The highest BCUT2D eigenvalue weighted by Crippen LogP contribution is 2.31. The van der Waals surface area contributed by atoms with Crippen molar-refractivity contribution in [2.45, 2.75) is 20.0 Å². The van der Waals surface area contributed by atoms with Gasteiger partial charge in [0.2, 0.25) is 0 Å².